The van der Waals surface area contributed by atoms with Gasteiger partial charge in [-0.2, -0.15) is 0 Å². The number of sulfonamides is 1. The Balaban J connectivity index is 1.91. The van der Waals surface area contributed by atoms with Gasteiger partial charge in [0.1, 0.15) is 12.6 Å². The van der Waals surface area contributed by atoms with Crippen molar-refractivity contribution in [1.29, 1.82) is 0 Å². The van der Waals surface area contributed by atoms with Crippen molar-refractivity contribution in [2.75, 3.05) is 17.1 Å². The molecule has 2 aromatic carbocycles. The monoisotopic (exact) mass is 499 g/mol. The van der Waals surface area contributed by atoms with Crippen molar-refractivity contribution in [2.24, 2.45) is 0 Å². The lowest BCUT2D eigenvalue weighted by molar-refractivity contribution is -0.140. The second-order valence-corrected chi connectivity index (χ2v) is 11.4. The van der Waals surface area contributed by atoms with E-state index < -0.39 is 22.0 Å². The predicted molar refractivity (Wildman–Crippen MR) is 140 cm³/mol. The molecule has 1 aliphatic carbocycles. The second kappa shape index (κ2) is 11.7. The van der Waals surface area contributed by atoms with Crippen LogP contribution in [0.2, 0.25) is 0 Å². The zero-order valence-corrected chi connectivity index (χ0v) is 22.0. The maximum atomic E-state index is 13.7. The number of carbonyl (C=O) groups is 2. The lowest BCUT2D eigenvalue weighted by Crippen LogP contribution is -2.53. The summed E-state index contributed by atoms with van der Waals surface area (Å²) in [5, 5.41) is 3.12. The van der Waals surface area contributed by atoms with Gasteiger partial charge in [0.2, 0.25) is 21.8 Å². The fourth-order valence-electron chi connectivity index (χ4n) is 4.62. The standard InChI is InChI=1S/C27H37N3O4S/c1-5-25(27(32)28-23-11-6-7-12-23)29(18-22-10-8-9-21(3)17-22)26(31)19-30(35(4,33)34)24-15-13-20(2)14-16-24/h8-10,13-17,23,25H,5-7,11-12,18-19H2,1-4H3,(H,28,32)/t25-/m0/s1. The molecule has 3 rings (SSSR count). The van der Waals surface area contributed by atoms with Crippen molar-refractivity contribution >= 4 is 27.5 Å². The number of aryl methyl sites for hydroxylation is 2. The largest absolute Gasteiger partial charge is 0.352 e. The molecule has 1 atom stereocenters. The normalized spacial score (nSPS) is 15.0. The first-order valence-corrected chi connectivity index (χ1v) is 14.1. The molecule has 1 aliphatic rings. The van der Waals surface area contributed by atoms with Crippen LogP contribution in [0.1, 0.15) is 55.7 Å². The summed E-state index contributed by atoms with van der Waals surface area (Å²) in [5.74, 6) is -0.590. The number of nitrogens with one attached hydrogen (secondary N) is 1. The maximum absolute atomic E-state index is 13.7. The number of rotatable bonds is 10. The van der Waals surface area contributed by atoms with Gasteiger partial charge in [-0.3, -0.25) is 13.9 Å². The lowest BCUT2D eigenvalue weighted by atomic mass is 10.1. The minimum Gasteiger partial charge on any atom is -0.352 e. The van der Waals surface area contributed by atoms with Gasteiger partial charge < -0.3 is 10.2 Å². The molecule has 0 radical (unpaired) electrons. The Morgan fingerprint density at radius 2 is 1.69 bits per heavy atom. The molecule has 0 unspecified atom stereocenters. The van der Waals surface area contributed by atoms with Crippen LogP contribution in [0.3, 0.4) is 0 Å². The summed E-state index contributed by atoms with van der Waals surface area (Å²) in [6.45, 7) is 5.62. The van der Waals surface area contributed by atoms with Crippen molar-refractivity contribution in [2.45, 2.75) is 71.5 Å². The first-order chi connectivity index (χ1) is 16.6. The van der Waals surface area contributed by atoms with Crippen LogP contribution in [0.5, 0.6) is 0 Å². The van der Waals surface area contributed by atoms with Gasteiger partial charge in [0.15, 0.2) is 0 Å². The molecule has 0 saturated heterocycles. The van der Waals surface area contributed by atoms with Crippen LogP contribution in [0, 0.1) is 13.8 Å². The fraction of sp³-hybridized carbons (Fsp3) is 0.481. The molecular weight excluding hydrogens is 462 g/mol. The van der Waals surface area contributed by atoms with Crippen LogP contribution in [-0.4, -0.2) is 50.0 Å². The van der Waals surface area contributed by atoms with Gasteiger partial charge in [0.05, 0.1) is 11.9 Å². The summed E-state index contributed by atoms with van der Waals surface area (Å²) in [6.07, 6.45) is 5.60. The minimum absolute atomic E-state index is 0.132. The van der Waals surface area contributed by atoms with Crippen LogP contribution >= 0.6 is 0 Å². The molecule has 0 aliphatic heterocycles. The van der Waals surface area contributed by atoms with E-state index in [-0.39, 0.29) is 25.0 Å². The number of amides is 2. The Kier molecular flexibility index (Phi) is 8.94. The molecule has 0 aromatic heterocycles. The molecule has 190 valence electrons. The average molecular weight is 500 g/mol. The molecule has 2 amide bonds. The third-order valence-corrected chi connectivity index (χ3v) is 7.66. The van der Waals surface area contributed by atoms with Crippen molar-refractivity contribution < 1.29 is 18.0 Å². The molecule has 0 spiro atoms. The van der Waals surface area contributed by atoms with E-state index >= 15 is 0 Å². The summed E-state index contributed by atoms with van der Waals surface area (Å²) >= 11 is 0. The third kappa shape index (κ3) is 7.31. The summed E-state index contributed by atoms with van der Waals surface area (Å²) in [4.78, 5) is 28.5. The van der Waals surface area contributed by atoms with Crippen LogP contribution < -0.4 is 9.62 Å². The molecule has 0 heterocycles. The van der Waals surface area contributed by atoms with Crippen LogP contribution in [-0.2, 0) is 26.2 Å². The summed E-state index contributed by atoms with van der Waals surface area (Å²) < 4.78 is 26.4. The maximum Gasteiger partial charge on any atom is 0.244 e. The summed E-state index contributed by atoms with van der Waals surface area (Å²) in [7, 11) is -3.73. The van der Waals surface area contributed by atoms with Gasteiger partial charge >= 0.3 is 0 Å². The number of anilines is 1. The van der Waals surface area contributed by atoms with Gasteiger partial charge in [-0.1, -0.05) is 67.3 Å². The van der Waals surface area contributed by atoms with E-state index in [1.54, 1.807) is 12.1 Å². The molecule has 2 aromatic rings. The van der Waals surface area contributed by atoms with Gasteiger partial charge in [-0.15, -0.1) is 0 Å². The molecule has 1 fully saturated rings. The number of nitrogens with zero attached hydrogens (tertiary/aromatic N) is 2. The Morgan fingerprint density at radius 1 is 1.03 bits per heavy atom. The zero-order valence-electron chi connectivity index (χ0n) is 21.2. The van der Waals surface area contributed by atoms with E-state index in [9.17, 15) is 18.0 Å². The van der Waals surface area contributed by atoms with Crippen LogP contribution in [0.4, 0.5) is 5.69 Å². The number of benzene rings is 2. The molecule has 1 N–H and O–H groups in total. The SMILES string of the molecule is CC[C@@H](C(=O)NC1CCCC1)N(Cc1cccc(C)c1)C(=O)CN(c1ccc(C)cc1)S(C)(=O)=O. The number of hydrogen-bond donors (Lipinski definition) is 1. The van der Waals surface area contributed by atoms with Gasteiger partial charge in [-0.25, -0.2) is 8.42 Å². The van der Waals surface area contributed by atoms with Gasteiger partial charge in [0.25, 0.3) is 0 Å². The quantitative estimate of drug-likeness (QED) is 0.537. The summed E-state index contributed by atoms with van der Waals surface area (Å²) in [6, 6.07) is 14.2. The molecule has 0 bridgehead atoms. The van der Waals surface area contributed by atoms with Crippen molar-refractivity contribution in [3.63, 3.8) is 0 Å². The van der Waals surface area contributed by atoms with Crippen LogP contribution in [0.25, 0.3) is 0 Å². The van der Waals surface area contributed by atoms with E-state index in [0.29, 0.717) is 12.1 Å². The Bertz CT molecular complexity index is 1130. The fourth-order valence-corrected chi connectivity index (χ4v) is 5.47. The zero-order chi connectivity index (χ0) is 25.6. The van der Waals surface area contributed by atoms with E-state index in [1.807, 2.05) is 57.2 Å². The molecule has 1 saturated carbocycles. The molecule has 8 heteroatoms. The lowest BCUT2D eigenvalue weighted by Gasteiger charge is -2.33. The highest BCUT2D eigenvalue weighted by Crippen LogP contribution is 2.22. The third-order valence-electron chi connectivity index (χ3n) is 6.52. The number of hydrogen-bond acceptors (Lipinski definition) is 4. The predicted octanol–water partition coefficient (Wildman–Crippen LogP) is 3.94. The van der Waals surface area contributed by atoms with E-state index in [4.69, 9.17) is 0 Å². The first-order valence-electron chi connectivity index (χ1n) is 12.3. The second-order valence-electron chi connectivity index (χ2n) is 9.53. The van der Waals surface area contributed by atoms with Crippen molar-refractivity contribution in [3.8, 4) is 0 Å². The van der Waals surface area contributed by atoms with Crippen molar-refractivity contribution in [3.05, 3.63) is 65.2 Å². The Hall–Kier alpha value is -2.87. The van der Waals surface area contributed by atoms with Gasteiger partial charge in [-0.05, 0) is 50.8 Å². The molecular formula is C27H37N3O4S. The Labute approximate surface area is 209 Å². The highest BCUT2D eigenvalue weighted by Gasteiger charge is 2.33. The van der Waals surface area contributed by atoms with Gasteiger partial charge in [0, 0.05) is 12.6 Å². The highest BCUT2D eigenvalue weighted by molar-refractivity contribution is 7.92. The minimum atomic E-state index is -3.73. The molecule has 35 heavy (non-hydrogen) atoms. The summed E-state index contributed by atoms with van der Waals surface area (Å²) in [5.41, 5.74) is 3.36. The van der Waals surface area contributed by atoms with E-state index in [0.717, 1.165) is 52.9 Å². The van der Waals surface area contributed by atoms with Crippen molar-refractivity contribution in [1.82, 2.24) is 10.2 Å². The van der Waals surface area contributed by atoms with Crippen LogP contribution in [0.15, 0.2) is 48.5 Å². The average Bonchev–Trinajstić information content (AvgIpc) is 3.30. The first kappa shape index (κ1) is 26.7. The van der Waals surface area contributed by atoms with E-state index in [1.165, 1.54) is 4.90 Å². The molecule has 7 nitrogen and oxygen atoms in total. The highest BCUT2D eigenvalue weighted by atomic mass is 32.2. The topological polar surface area (TPSA) is 86.8 Å². The smallest absolute Gasteiger partial charge is 0.244 e. The number of carbonyl (C=O) groups excluding carboxylic acids is 2. The van der Waals surface area contributed by atoms with E-state index in [2.05, 4.69) is 5.32 Å². The Morgan fingerprint density at radius 3 is 2.26 bits per heavy atom.